The van der Waals surface area contributed by atoms with Gasteiger partial charge in [-0.1, -0.05) is 40.5 Å². The fourth-order valence-electron chi connectivity index (χ4n) is 3.36. The van der Waals surface area contributed by atoms with Gasteiger partial charge in [0, 0.05) is 0 Å². The molecule has 0 fully saturated rings. The largest absolute Gasteiger partial charge is 0.499 e. The maximum Gasteiger partial charge on any atom is 0.382 e. The van der Waals surface area contributed by atoms with Crippen molar-refractivity contribution in [2.45, 2.75) is 67.2 Å². The van der Waals surface area contributed by atoms with Crippen LogP contribution in [0.1, 0.15) is 67.2 Å². The van der Waals surface area contributed by atoms with E-state index < -0.39 is 11.4 Å². The predicted molar refractivity (Wildman–Crippen MR) is 140 cm³/mol. The lowest BCUT2D eigenvalue weighted by Crippen LogP contribution is -2.05. The number of rotatable bonds is 12. The third kappa shape index (κ3) is 8.62. The van der Waals surface area contributed by atoms with Gasteiger partial charge in [-0.25, -0.2) is 4.79 Å². The third-order valence-corrected chi connectivity index (χ3v) is 5.34. The molecule has 1 N–H and O–H groups in total. The van der Waals surface area contributed by atoms with Crippen molar-refractivity contribution in [3.63, 3.8) is 0 Å². The second-order valence-corrected chi connectivity index (χ2v) is 9.06. The van der Waals surface area contributed by atoms with Crippen molar-refractivity contribution in [1.82, 2.24) is 0 Å². The molecule has 1 aromatic heterocycles. The topological polar surface area (TPSA) is 68.9 Å². The van der Waals surface area contributed by atoms with Gasteiger partial charge < -0.3 is 19.0 Å². The molecule has 5 nitrogen and oxygen atoms in total. The monoisotopic (exact) mass is 466 g/mol. The Hall–Kier alpha value is -3.21. The average Bonchev–Trinajstić information content (AvgIpc) is 2.76. The van der Waals surface area contributed by atoms with E-state index in [9.17, 15) is 9.90 Å². The van der Waals surface area contributed by atoms with Crippen molar-refractivity contribution in [3.8, 4) is 17.2 Å². The number of aromatic hydroxyl groups is 1. The number of fused-ring (bicyclic) bond motifs is 1. The SMILES string of the molecule is CC(C)=CCCC(C)=CCOc1cccc2oc(=O)c(O)c(OCC=C(C)CCC=C(C)C)c12. The summed E-state index contributed by atoms with van der Waals surface area (Å²) in [6.45, 7) is 13.1. The smallest absolute Gasteiger partial charge is 0.382 e. The van der Waals surface area contributed by atoms with Crippen molar-refractivity contribution in [3.05, 3.63) is 75.2 Å². The molecular formula is C29H38O5. The maximum atomic E-state index is 12.1. The highest BCUT2D eigenvalue weighted by atomic mass is 16.5. The zero-order valence-electron chi connectivity index (χ0n) is 21.4. The van der Waals surface area contributed by atoms with E-state index in [1.807, 2.05) is 19.1 Å². The summed E-state index contributed by atoms with van der Waals surface area (Å²) >= 11 is 0. The summed E-state index contributed by atoms with van der Waals surface area (Å²) in [6.07, 6.45) is 12.3. The molecule has 0 aliphatic heterocycles. The molecule has 0 unspecified atom stereocenters. The Balaban J connectivity index is 2.20. The molecule has 0 aliphatic carbocycles. The summed E-state index contributed by atoms with van der Waals surface area (Å²) < 4.78 is 17.1. The summed E-state index contributed by atoms with van der Waals surface area (Å²) in [5, 5.41) is 10.9. The number of allylic oxidation sites excluding steroid dienone is 6. The van der Waals surface area contributed by atoms with Gasteiger partial charge in [-0.05, 0) is 91.5 Å². The summed E-state index contributed by atoms with van der Waals surface area (Å²) in [7, 11) is 0. The minimum atomic E-state index is -0.834. The van der Waals surface area contributed by atoms with Gasteiger partial charge >= 0.3 is 5.63 Å². The van der Waals surface area contributed by atoms with Crippen LogP contribution < -0.4 is 15.1 Å². The van der Waals surface area contributed by atoms with Crippen LogP contribution in [0.2, 0.25) is 0 Å². The molecule has 0 bridgehead atoms. The number of hydrogen-bond acceptors (Lipinski definition) is 5. The Morgan fingerprint density at radius 2 is 1.41 bits per heavy atom. The van der Waals surface area contributed by atoms with Crippen molar-refractivity contribution in [1.29, 1.82) is 0 Å². The molecule has 0 saturated carbocycles. The molecule has 0 aliphatic rings. The molecule has 184 valence electrons. The zero-order chi connectivity index (χ0) is 25.1. The zero-order valence-corrected chi connectivity index (χ0v) is 21.4. The second-order valence-electron chi connectivity index (χ2n) is 9.06. The van der Waals surface area contributed by atoms with Crippen molar-refractivity contribution < 1.29 is 19.0 Å². The molecule has 0 saturated heterocycles. The summed E-state index contributed by atoms with van der Waals surface area (Å²) in [4.78, 5) is 12.1. The summed E-state index contributed by atoms with van der Waals surface area (Å²) in [6, 6.07) is 5.19. The first-order valence-electron chi connectivity index (χ1n) is 11.8. The standard InChI is InChI=1S/C29H38O5/c1-20(2)10-7-12-22(5)16-18-32-24-14-9-15-25-26(24)28(27(30)29(31)34-25)33-19-17-23(6)13-8-11-21(3)4/h9-11,14-17,30H,7-8,12-13,18-19H2,1-6H3. The normalized spacial score (nSPS) is 11.9. The van der Waals surface area contributed by atoms with E-state index in [0.717, 1.165) is 25.7 Å². The van der Waals surface area contributed by atoms with E-state index in [0.29, 0.717) is 23.3 Å². The van der Waals surface area contributed by atoms with Gasteiger partial charge in [0.15, 0.2) is 5.75 Å². The predicted octanol–water partition coefficient (Wildman–Crippen LogP) is 7.64. The molecule has 2 rings (SSSR count). The molecule has 0 atom stereocenters. The maximum absolute atomic E-state index is 12.1. The fourth-order valence-corrected chi connectivity index (χ4v) is 3.36. The highest BCUT2D eigenvalue weighted by Crippen LogP contribution is 2.38. The second kappa shape index (κ2) is 13.5. The van der Waals surface area contributed by atoms with Gasteiger partial charge in [0.05, 0.1) is 0 Å². The molecule has 34 heavy (non-hydrogen) atoms. The number of hydrogen-bond donors (Lipinski definition) is 1. The summed E-state index contributed by atoms with van der Waals surface area (Å²) in [5.41, 5.74) is 4.49. The van der Waals surface area contributed by atoms with Crippen LogP contribution in [0.3, 0.4) is 0 Å². The number of benzene rings is 1. The van der Waals surface area contributed by atoms with Crippen LogP contribution in [0, 0.1) is 0 Å². The first-order valence-corrected chi connectivity index (χ1v) is 11.8. The van der Waals surface area contributed by atoms with Crippen LogP contribution in [-0.2, 0) is 0 Å². The van der Waals surface area contributed by atoms with Crippen molar-refractivity contribution in [2.75, 3.05) is 13.2 Å². The Morgan fingerprint density at radius 3 is 1.97 bits per heavy atom. The van der Waals surface area contributed by atoms with E-state index >= 15 is 0 Å². The van der Waals surface area contributed by atoms with Crippen LogP contribution in [0.25, 0.3) is 11.0 Å². The highest BCUT2D eigenvalue weighted by molar-refractivity contribution is 5.91. The molecule has 2 aromatic rings. The average molecular weight is 467 g/mol. The fraction of sp³-hybridized carbons (Fsp3) is 0.414. The van der Waals surface area contributed by atoms with Gasteiger partial charge in [0.25, 0.3) is 0 Å². The van der Waals surface area contributed by atoms with Crippen LogP contribution in [0.5, 0.6) is 17.2 Å². The first kappa shape index (κ1) is 27.0. The first-order chi connectivity index (χ1) is 16.2. The van der Waals surface area contributed by atoms with E-state index in [1.165, 1.54) is 22.3 Å². The van der Waals surface area contributed by atoms with Gasteiger partial charge in [-0.15, -0.1) is 0 Å². The van der Waals surface area contributed by atoms with Crippen LogP contribution in [-0.4, -0.2) is 18.3 Å². The van der Waals surface area contributed by atoms with E-state index in [1.54, 1.807) is 18.2 Å². The quantitative estimate of drug-likeness (QED) is 0.257. The van der Waals surface area contributed by atoms with E-state index in [-0.39, 0.29) is 12.4 Å². The lowest BCUT2D eigenvalue weighted by Gasteiger charge is -2.13. The van der Waals surface area contributed by atoms with Gasteiger partial charge in [-0.3, -0.25) is 0 Å². The van der Waals surface area contributed by atoms with Crippen LogP contribution in [0.4, 0.5) is 0 Å². The molecule has 0 amide bonds. The Labute approximate surface area is 203 Å². The molecule has 1 aromatic carbocycles. The molecular weight excluding hydrogens is 428 g/mol. The minimum Gasteiger partial charge on any atom is -0.499 e. The number of ether oxygens (including phenoxy) is 2. The van der Waals surface area contributed by atoms with Gasteiger partial charge in [0.2, 0.25) is 5.75 Å². The van der Waals surface area contributed by atoms with Crippen LogP contribution >= 0.6 is 0 Å². The third-order valence-electron chi connectivity index (χ3n) is 5.34. The molecule has 0 spiro atoms. The van der Waals surface area contributed by atoms with Gasteiger partial charge in [0.1, 0.15) is 29.9 Å². The Morgan fingerprint density at radius 1 is 0.853 bits per heavy atom. The van der Waals surface area contributed by atoms with E-state index in [2.05, 4.69) is 46.8 Å². The van der Waals surface area contributed by atoms with Crippen LogP contribution in [0.15, 0.2) is 74.0 Å². The molecule has 1 heterocycles. The Kier molecular flexibility index (Phi) is 10.7. The minimum absolute atomic E-state index is 0.0828. The summed E-state index contributed by atoms with van der Waals surface area (Å²) in [5.74, 6) is 0.0243. The highest BCUT2D eigenvalue weighted by Gasteiger charge is 2.19. The van der Waals surface area contributed by atoms with Crippen molar-refractivity contribution >= 4 is 11.0 Å². The molecule has 0 radical (unpaired) electrons. The lowest BCUT2D eigenvalue weighted by atomic mass is 10.1. The van der Waals surface area contributed by atoms with E-state index in [4.69, 9.17) is 13.9 Å². The Bertz CT molecular complexity index is 1140. The molecule has 5 heteroatoms. The lowest BCUT2D eigenvalue weighted by molar-refractivity contribution is 0.322. The van der Waals surface area contributed by atoms with Gasteiger partial charge in [-0.2, -0.15) is 0 Å². The van der Waals surface area contributed by atoms with Crippen molar-refractivity contribution in [2.24, 2.45) is 0 Å².